The molecule has 178 valence electrons. The molecule has 1 atom stereocenters. The first-order valence-corrected chi connectivity index (χ1v) is 12.5. The van der Waals surface area contributed by atoms with Gasteiger partial charge in [-0.3, -0.25) is 14.5 Å². The van der Waals surface area contributed by atoms with Gasteiger partial charge < -0.3 is 4.90 Å². The Balaban J connectivity index is 1.43. The average Bonchev–Trinajstić information content (AvgIpc) is 3.37. The molecule has 1 amide bonds. The Labute approximate surface area is 207 Å². The van der Waals surface area contributed by atoms with E-state index in [1.54, 1.807) is 24.3 Å². The Hall–Kier alpha value is -2.68. The molecule has 1 aliphatic heterocycles. The van der Waals surface area contributed by atoms with Gasteiger partial charge in [-0.05, 0) is 61.6 Å². The van der Waals surface area contributed by atoms with Crippen molar-refractivity contribution in [3.63, 3.8) is 0 Å². The molecule has 0 radical (unpaired) electrons. The third-order valence-corrected chi connectivity index (χ3v) is 7.55. The molecular formula is C28H32ClN3O2. The minimum atomic E-state index is -0.0190. The number of halogens is 1. The number of carbonyl (C=O) groups is 2. The van der Waals surface area contributed by atoms with Gasteiger partial charge in [-0.2, -0.15) is 0 Å². The van der Waals surface area contributed by atoms with E-state index in [9.17, 15) is 9.59 Å². The molecule has 1 saturated carbocycles. The zero-order chi connectivity index (χ0) is 24.2. The Kier molecular flexibility index (Phi) is 7.70. The molecule has 34 heavy (non-hydrogen) atoms. The highest BCUT2D eigenvalue weighted by molar-refractivity contribution is 6.30. The van der Waals surface area contributed by atoms with Crippen molar-refractivity contribution < 1.29 is 9.59 Å². The van der Waals surface area contributed by atoms with Crippen LogP contribution in [0.15, 0.2) is 36.4 Å². The molecular weight excluding hydrogens is 446 g/mol. The predicted molar refractivity (Wildman–Crippen MR) is 135 cm³/mol. The monoisotopic (exact) mass is 477 g/mol. The third kappa shape index (κ3) is 5.51. The first-order valence-electron chi connectivity index (χ1n) is 12.2. The highest BCUT2D eigenvalue weighted by Gasteiger charge is 2.33. The summed E-state index contributed by atoms with van der Waals surface area (Å²) in [6.07, 6.45) is 4.68. The van der Waals surface area contributed by atoms with Crippen LogP contribution in [0.2, 0.25) is 5.02 Å². The predicted octanol–water partition coefficient (Wildman–Crippen LogP) is 5.85. The Bertz CT molecular complexity index is 1120. The molecule has 2 aromatic carbocycles. The molecule has 0 aromatic heterocycles. The van der Waals surface area contributed by atoms with Crippen LogP contribution in [0.3, 0.4) is 0 Å². The largest absolute Gasteiger partial charge is 0.337 e. The second kappa shape index (κ2) is 10.7. The number of carbonyl (C=O) groups excluding carboxylic acids is 2. The van der Waals surface area contributed by atoms with Crippen molar-refractivity contribution in [1.82, 2.24) is 9.80 Å². The summed E-state index contributed by atoms with van der Waals surface area (Å²) in [6, 6.07) is 10.9. The number of ketones is 1. The fraction of sp³-hybridized carbons (Fsp3) is 0.464. The molecule has 6 heteroatoms. The first-order chi connectivity index (χ1) is 16.4. The Morgan fingerprint density at radius 2 is 1.85 bits per heavy atom. The lowest BCUT2D eigenvalue weighted by molar-refractivity contribution is -0.140. The van der Waals surface area contributed by atoms with Crippen LogP contribution < -0.4 is 0 Å². The van der Waals surface area contributed by atoms with Gasteiger partial charge >= 0.3 is 0 Å². The van der Waals surface area contributed by atoms with Crippen molar-refractivity contribution in [2.24, 2.45) is 5.92 Å². The molecule has 5 nitrogen and oxygen atoms in total. The summed E-state index contributed by atoms with van der Waals surface area (Å²) in [5, 5.41) is 0.626. The highest BCUT2D eigenvalue weighted by atomic mass is 35.5. The van der Waals surface area contributed by atoms with Gasteiger partial charge in [0.2, 0.25) is 5.91 Å². The maximum absolute atomic E-state index is 12.9. The number of amides is 1. The Morgan fingerprint density at radius 1 is 1.12 bits per heavy atom. The lowest BCUT2D eigenvalue weighted by Gasteiger charge is -2.41. The average molecular weight is 478 g/mol. The highest BCUT2D eigenvalue weighted by Crippen LogP contribution is 2.29. The van der Waals surface area contributed by atoms with Gasteiger partial charge in [-0.25, -0.2) is 4.85 Å². The lowest BCUT2D eigenvalue weighted by Crippen LogP contribution is -2.54. The van der Waals surface area contributed by atoms with Crippen LogP contribution in [0.1, 0.15) is 59.7 Å². The molecule has 1 aliphatic carbocycles. The van der Waals surface area contributed by atoms with Crippen molar-refractivity contribution in [3.05, 3.63) is 75.1 Å². The summed E-state index contributed by atoms with van der Waals surface area (Å²) >= 11 is 6.46. The van der Waals surface area contributed by atoms with Gasteiger partial charge in [0, 0.05) is 55.1 Å². The standard InChI is InChI=1S/C28H32ClN3O2/c1-19-17-31(11-12-32(19)28(34)21-7-4-5-8-21)18-24-14-25(29)13-23(20(24)2)16-27(33)22-9-6-10-26(15-22)30-3/h6,9-10,13-15,19,21H,4-5,7-8,11-12,16-18H2,1-2H3/t19-/m0/s1. The van der Waals surface area contributed by atoms with Crippen molar-refractivity contribution in [3.8, 4) is 0 Å². The van der Waals surface area contributed by atoms with Crippen molar-refractivity contribution >= 4 is 29.0 Å². The van der Waals surface area contributed by atoms with E-state index in [1.807, 2.05) is 19.1 Å². The van der Waals surface area contributed by atoms with Crippen LogP contribution in [-0.2, 0) is 17.8 Å². The van der Waals surface area contributed by atoms with Gasteiger partial charge in [-0.1, -0.05) is 42.6 Å². The quantitative estimate of drug-likeness (QED) is 0.387. The maximum Gasteiger partial charge on any atom is 0.226 e. The second-order valence-corrected chi connectivity index (χ2v) is 10.1. The topological polar surface area (TPSA) is 45.0 Å². The van der Waals surface area contributed by atoms with Crippen molar-refractivity contribution in [2.45, 2.75) is 58.5 Å². The van der Waals surface area contributed by atoms with Crippen LogP contribution in [0.5, 0.6) is 0 Å². The van der Waals surface area contributed by atoms with E-state index in [-0.39, 0.29) is 24.2 Å². The summed E-state index contributed by atoms with van der Waals surface area (Å²) in [7, 11) is 0. The second-order valence-electron chi connectivity index (χ2n) is 9.71. The van der Waals surface area contributed by atoms with E-state index in [4.69, 9.17) is 18.2 Å². The van der Waals surface area contributed by atoms with Crippen LogP contribution in [0.25, 0.3) is 4.85 Å². The number of hydrogen-bond donors (Lipinski definition) is 0. The molecule has 2 aliphatic rings. The number of benzene rings is 2. The van der Waals surface area contributed by atoms with Crippen LogP contribution in [-0.4, -0.2) is 47.2 Å². The van der Waals surface area contributed by atoms with Gasteiger partial charge in [-0.15, -0.1) is 0 Å². The minimum absolute atomic E-state index is 0.0190. The van der Waals surface area contributed by atoms with Gasteiger partial charge in [0.1, 0.15) is 0 Å². The minimum Gasteiger partial charge on any atom is -0.337 e. The molecule has 0 unspecified atom stereocenters. The fourth-order valence-electron chi connectivity index (χ4n) is 5.32. The smallest absolute Gasteiger partial charge is 0.226 e. The molecule has 2 aromatic rings. The molecule has 1 saturated heterocycles. The maximum atomic E-state index is 12.9. The molecule has 0 bridgehead atoms. The molecule has 1 heterocycles. The molecule has 0 N–H and O–H groups in total. The SMILES string of the molecule is [C-]#[N+]c1cccc(C(=O)Cc2cc(Cl)cc(CN3CCN(C(=O)C4CCCC4)[C@@H](C)C3)c2C)c1. The van der Waals surface area contributed by atoms with Gasteiger partial charge in [0.05, 0.1) is 6.57 Å². The van der Waals surface area contributed by atoms with E-state index in [1.165, 1.54) is 12.8 Å². The Morgan fingerprint density at radius 3 is 2.56 bits per heavy atom. The van der Waals surface area contributed by atoms with Crippen molar-refractivity contribution in [2.75, 3.05) is 19.6 Å². The zero-order valence-corrected chi connectivity index (χ0v) is 20.8. The van der Waals surface area contributed by atoms with Crippen LogP contribution in [0.4, 0.5) is 5.69 Å². The van der Waals surface area contributed by atoms with E-state index >= 15 is 0 Å². The summed E-state index contributed by atoms with van der Waals surface area (Å²) in [6.45, 7) is 14.6. The zero-order valence-electron chi connectivity index (χ0n) is 20.0. The summed E-state index contributed by atoms with van der Waals surface area (Å²) in [4.78, 5) is 33.7. The van der Waals surface area contributed by atoms with Gasteiger partial charge in [0.15, 0.2) is 11.5 Å². The van der Waals surface area contributed by atoms with Gasteiger partial charge in [0.25, 0.3) is 0 Å². The lowest BCUT2D eigenvalue weighted by atomic mass is 9.95. The number of rotatable bonds is 6. The number of piperazine rings is 1. The fourth-order valence-corrected chi connectivity index (χ4v) is 5.58. The number of Topliss-reactive ketones (excluding diaryl/α,β-unsaturated/α-hetero) is 1. The molecule has 4 rings (SSSR count). The van der Waals surface area contributed by atoms with E-state index in [2.05, 4.69) is 21.6 Å². The van der Waals surface area contributed by atoms with Crippen LogP contribution >= 0.6 is 11.6 Å². The molecule has 2 fully saturated rings. The first kappa shape index (κ1) is 24.4. The summed E-state index contributed by atoms with van der Waals surface area (Å²) in [5.74, 6) is 0.542. The third-order valence-electron chi connectivity index (χ3n) is 7.33. The summed E-state index contributed by atoms with van der Waals surface area (Å²) in [5.41, 5.74) is 4.13. The summed E-state index contributed by atoms with van der Waals surface area (Å²) < 4.78 is 0. The molecule has 0 spiro atoms. The number of nitrogens with zero attached hydrogens (tertiary/aromatic N) is 3. The van der Waals surface area contributed by atoms with E-state index in [0.717, 1.165) is 55.7 Å². The van der Waals surface area contributed by atoms with Crippen LogP contribution in [0, 0.1) is 19.4 Å². The van der Waals surface area contributed by atoms with Crippen molar-refractivity contribution in [1.29, 1.82) is 0 Å². The number of hydrogen-bond acceptors (Lipinski definition) is 3. The van der Waals surface area contributed by atoms with E-state index in [0.29, 0.717) is 22.2 Å². The normalized spacial score (nSPS) is 19.2. The van der Waals surface area contributed by atoms with E-state index < -0.39 is 0 Å².